The van der Waals surface area contributed by atoms with Crippen molar-refractivity contribution in [1.29, 1.82) is 0 Å². The molecular formula is C26H26N2O2S. The number of carbonyl (C=O) groups excluding carboxylic acids is 2. The second-order valence-electron chi connectivity index (χ2n) is 8.67. The molecule has 5 heteroatoms. The molecule has 0 aliphatic carbocycles. The van der Waals surface area contributed by atoms with Crippen molar-refractivity contribution < 1.29 is 9.59 Å². The number of rotatable bonds is 4. The van der Waals surface area contributed by atoms with Gasteiger partial charge in [0.25, 0.3) is 5.91 Å². The highest BCUT2D eigenvalue weighted by Gasteiger charge is 2.34. The summed E-state index contributed by atoms with van der Waals surface area (Å²) in [6.45, 7) is 6.53. The molecule has 31 heavy (non-hydrogen) atoms. The molecule has 0 saturated carbocycles. The maximum absolute atomic E-state index is 12.7. The van der Waals surface area contributed by atoms with Crippen LogP contribution in [0.5, 0.6) is 0 Å². The van der Waals surface area contributed by atoms with Gasteiger partial charge in [0.2, 0.25) is 5.91 Å². The molecule has 1 saturated heterocycles. The molecule has 1 atom stereocenters. The molecule has 0 radical (unpaired) electrons. The first kappa shape index (κ1) is 21.2. The lowest BCUT2D eigenvalue weighted by Gasteiger charge is -2.26. The molecule has 1 aliphatic heterocycles. The van der Waals surface area contributed by atoms with Gasteiger partial charge < -0.3 is 5.32 Å². The number of carbonyl (C=O) groups is 2. The minimum absolute atomic E-state index is 0.0625. The summed E-state index contributed by atoms with van der Waals surface area (Å²) in [5.74, 6) is 0.381. The quantitative estimate of drug-likeness (QED) is 0.551. The molecule has 158 valence electrons. The largest absolute Gasteiger partial charge is 0.322 e. The van der Waals surface area contributed by atoms with Crippen LogP contribution in [0.4, 0.5) is 11.4 Å². The third-order valence-corrected chi connectivity index (χ3v) is 6.56. The molecule has 0 spiro atoms. The maximum Gasteiger partial charge on any atom is 0.255 e. The first-order chi connectivity index (χ1) is 14.8. The van der Waals surface area contributed by atoms with Gasteiger partial charge in [-0.2, -0.15) is 0 Å². The van der Waals surface area contributed by atoms with E-state index in [4.69, 9.17) is 0 Å². The zero-order valence-electron chi connectivity index (χ0n) is 18.0. The van der Waals surface area contributed by atoms with Gasteiger partial charge in [0.05, 0.1) is 5.75 Å². The van der Waals surface area contributed by atoms with Gasteiger partial charge in [0.1, 0.15) is 5.37 Å². The van der Waals surface area contributed by atoms with Crippen molar-refractivity contribution in [1.82, 2.24) is 0 Å². The summed E-state index contributed by atoms with van der Waals surface area (Å²) in [4.78, 5) is 27.1. The Labute approximate surface area is 187 Å². The monoisotopic (exact) mass is 430 g/mol. The molecule has 0 bridgehead atoms. The van der Waals surface area contributed by atoms with E-state index >= 15 is 0 Å². The normalized spacial score (nSPS) is 16.4. The Hall–Kier alpha value is -3.05. The molecule has 1 aliphatic rings. The fourth-order valence-electron chi connectivity index (χ4n) is 3.63. The number of thioether (sulfide) groups is 1. The van der Waals surface area contributed by atoms with Gasteiger partial charge in [0, 0.05) is 16.9 Å². The van der Waals surface area contributed by atoms with Gasteiger partial charge in [-0.25, -0.2) is 0 Å². The van der Waals surface area contributed by atoms with Crippen molar-refractivity contribution in [2.75, 3.05) is 16.0 Å². The molecule has 3 aromatic rings. The first-order valence-corrected chi connectivity index (χ1v) is 11.4. The lowest BCUT2D eigenvalue weighted by Crippen LogP contribution is -2.28. The zero-order chi connectivity index (χ0) is 22.0. The minimum atomic E-state index is -0.150. The van der Waals surface area contributed by atoms with Crippen molar-refractivity contribution >= 4 is 35.0 Å². The van der Waals surface area contributed by atoms with Crippen LogP contribution in [0.1, 0.15) is 47.6 Å². The van der Waals surface area contributed by atoms with Gasteiger partial charge in [-0.15, -0.1) is 11.8 Å². The summed E-state index contributed by atoms with van der Waals surface area (Å²) in [5.41, 5.74) is 4.51. The van der Waals surface area contributed by atoms with Crippen LogP contribution in [-0.2, 0) is 10.2 Å². The van der Waals surface area contributed by atoms with Gasteiger partial charge >= 0.3 is 0 Å². The predicted octanol–water partition coefficient (Wildman–Crippen LogP) is 6.02. The predicted molar refractivity (Wildman–Crippen MR) is 129 cm³/mol. The number of hydrogen-bond donors (Lipinski definition) is 1. The van der Waals surface area contributed by atoms with E-state index < -0.39 is 0 Å². The fourth-order valence-corrected chi connectivity index (χ4v) is 4.80. The van der Waals surface area contributed by atoms with Crippen LogP contribution in [0.25, 0.3) is 0 Å². The van der Waals surface area contributed by atoms with Crippen LogP contribution in [0.15, 0.2) is 78.9 Å². The van der Waals surface area contributed by atoms with Gasteiger partial charge in [0.15, 0.2) is 0 Å². The topological polar surface area (TPSA) is 49.4 Å². The number of amides is 2. The fraction of sp³-hybridized carbons (Fsp3) is 0.231. The van der Waals surface area contributed by atoms with E-state index in [0.717, 1.165) is 11.3 Å². The van der Waals surface area contributed by atoms with Crippen LogP contribution in [-0.4, -0.2) is 17.6 Å². The Morgan fingerprint density at radius 3 is 2.35 bits per heavy atom. The molecule has 1 N–H and O–H groups in total. The summed E-state index contributed by atoms with van der Waals surface area (Å²) in [5, 5.41) is 2.84. The molecule has 4 rings (SSSR count). The van der Waals surface area contributed by atoms with E-state index in [-0.39, 0.29) is 22.6 Å². The van der Waals surface area contributed by atoms with Gasteiger partial charge in [-0.3, -0.25) is 14.5 Å². The van der Waals surface area contributed by atoms with Crippen molar-refractivity contribution in [2.45, 2.75) is 31.6 Å². The van der Waals surface area contributed by atoms with Crippen molar-refractivity contribution in [3.63, 3.8) is 0 Å². The summed E-state index contributed by atoms with van der Waals surface area (Å²) in [7, 11) is 0. The average molecular weight is 431 g/mol. The first-order valence-electron chi connectivity index (χ1n) is 10.3. The van der Waals surface area contributed by atoms with E-state index in [1.54, 1.807) is 23.9 Å². The number of nitrogens with zero attached hydrogens (tertiary/aromatic N) is 1. The molecule has 3 aromatic carbocycles. The van der Waals surface area contributed by atoms with Crippen LogP contribution in [0.3, 0.4) is 0 Å². The van der Waals surface area contributed by atoms with E-state index in [2.05, 4.69) is 38.2 Å². The number of hydrogen-bond acceptors (Lipinski definition) is 3. The molecule has 1 heterocycles. The number of anilines is 2. The minimum Gasteiger partial charge on any atom is -0.322 e. The van der Waals surface area contributed by atoms with Crippen molar-refractivity contribution in [3.8, 4) is 0 Å². The summed E-state index contributed by atoms with van der Waals surface area (Å²) in [6, 6.07) is 25.1. The Kier molecular flexibility index (Phi) is 5.88. The smallest absolute Gasteiger partial charge is 0.255 e. The van der Waals surface area contributed by atoms with E-state index in [0.29, 0.717) is 17.0 Å². The van der Waals surface area contributed by atoms with Crippen LogP contribution >= 0.6 is 11.8 Å². The highest BCUT2D eigenvalue weighted by atomic mass is 32.2. The highest BCUT2D eigenvalue weighted by molar-refractivity contribution is 8.00. The third-order valence-electron chi connectivity index (χ3n) is 5.35. The Morgan fingerprint density at radius 2 is 1.68 bits per heavy atom. The lowest BCUT2D eigenvalue weighted by molar-refractivity contribution is -0.115. The third kappa shape index (κ3) is 4.67. The van der Waals surface area contributed by atoms with E-state index in [1.807, 2.05) is 59.5 Å². The van der Waals surface area contributed by atoms with Crippen LogP contribution < -0.4 is 10.2 Å². The summed E-state index contributed by atoms with van der Waals surface area (Å²) < 4.78 is 0. The molecule has 1 fully saturated rings. The maximum atomic E-state index is 12.7. The average Bonchev–Trinajstić information content (AvgIpc) is 3.15. The van der Waals surface area contributed by atoms with Crippen molar-refractivity contribution in [3.05, 3.63) is 95.6 Å². The standard InChI is InChI=1S/C26H26N2O2S/c1-26(2,3)20-12-14-22(15-13-20)28-23(29)17-31-25(28)19-10-7-11-21(16-19)27-24(30)18-8-5-4-6-9-18/h4-16,25H,17H2,1-3H3,(H,27,30)/t25-/m1/s1. The highest BCUT2D eigenvalue weighted by Crippen LogP contribution is 2.42. The Bertz CT molecular complexity index is 1090. The summed E-state index contributed by atoms with van der Waals surface area (Å²) >= 11 is 1.60. The molecule has 0 unspecified atom stereocenters. The van der Waals surface area contributed by atoms with Gasteiger partial charge in [-0.1, -0.05) is 63.2 Å². The molecule has 4 nitrogen and oxygen atoms in total. The van der Waals surface area contributed by atoms with E-state index in [9.17, 15) is 9.59 Å². The lowest BCUT2D eigenvalue weighted by atomic mass is 9.87. The number of benzene rings is 3. The van der Waals surface area contributed by atoms with Crippen LogP contribution in [0, 0.1) is 0 Å². The van der Waals surface area contributed by atoms with Crippen molar-refractivity contribution in [2.24, 2.45) is 0 Å². The van der Waals surface area contributed by atoms with E-state index in [1.165, 1.54) is 5.56 Å². The van der Waals surface area contributed by atoms with Gasteiger partial charge in [-0.05, 0) is 52.9 Å². The van der Waals surface area contributed by atoms with Crippen LogP contribution in [0.2, 0.25) is 0 Å². The second kappa shape index (κ2) is 8.60. The Morgan fingerprint density at radius 1 is 0.968 bits per heavy atom. The SMILES string of the molecule is CC(C)(C)c1ccc(N2C(=O)CS[C@@H]2c2cccc(NC(=O)c3ccccc3)c2)cc1. The molecular weight excluding hydrogens is 404 g/mol. The zero-order valence-corrected chi connectivity index (χ0v) is 18.8. The second-order valence-corrected chi connectivity index (χ2v) is 9.74. The number of nitrogens with one attached hydrogen (secondary N) is 1. The molecule has 2 amide bonds. The Balaban J connectivity index is 1.57. The molecule has 0 aromatic heterocycles. The summed E-state index contributed by atoms with van der Waals surface area (Å²) in [6.07, 6.45) is 0.